The molecule has 4 heteroatoms. The monoisotopic (exact) mass is 243 g/mol. The van der Waals surface area contributed by atoms with E-state index < -0.39 is 0 Å². The van der Waals surface area contributed by atoms with E-state index in [0.717, 1.165) is 25.9 Å². The summed E-state index contributed by atoms with van der Waals surface area (Å²) in [7, 11) is 2.10. The van der Waals surface area contributed by atoms with Gasteiger partial charge in [-0.15, -0.1) is 0 Å². The Morgan fingerprint density at radius 2 is 1.94 bits per heavy atom. The van der Waals surface area contributed by atoms with Crippen molar-refractivity contribution >= 4 is 5.91 Å². The van der Waals surface area contributed by atoms with Crippen LogP contribution in [-0.4, -0.2) is 37.0 Å². The minimum atomic E-state index is -0.0472. The Balaban J connectivity index is 1.93. The van der Waals surface area contributed by atoms with E-state index in [0.29, 0.717) is 11.1 Å². The summed E-state index contributed by atoms with van der Waals surface area (Å²) < 4.78 is 0. The second-order valence-electron chi connectivity index (χ2n) is 4.74. The van der Waals surface area contributed by atoms with E-state index in [4.69, 9.17) is 5.26 Å². The van der Waals surface area contributed by atoms with Crippen molar-refractivity contribution < 1.29 is 4.79 Å². The summed E-state index contributed by atoms with van der Waals surface area (Å²) in [4.78, 5) is 14.3. The van der Waals surface area contributed by atoms with Crippen molar-refractivity contribution in [2.45, 2.75) is 18.9 Å². The molecule has 94 valence electrons. The van der Waals surface area contributed by atoms with Crippen molar-refractivity contribution in [3.05, 3.63) is 35.4 Å². The SMILES string of the molecule is CN1CCC(NC(=O)c2ccc(C#N)cc2)CC1. The van der Waals surface area contributed by atoms with Crippen molar-refractivity contribution in [3.63, 3.8) is 0 Å². The van der Waals surface area contributed by atoms with E-state index in [9.17, 15) is 4.79 Å². The minimum Gasteiger partial charge on any atom is -0.349 e. The highest BCUT2D eigenvalue weighted by atomic mass is 16.1. The van der Waals surface area contributed by atoms with Gasteiger partial charge in [0.2, 0.25) is 0 Å². The lowest BCUT2D eigenvalue weighted by molar-refractivity contribution is 0.0917. The summed E-state index contributed by atoms with van der Waals surface area (Å²) in [5.74, 6) is -0.0472. The molecule has 0 unspecified atom stereocenters. The maximum Gasteiger partial charge on any atom is 0.251 e. The molecule has 1 N–H and O–H groups in total. The molecule has 0 radical (unpaired) electrons. The molecular weight excluding hydrogens is 226 g/mol. The Bertz CT molecular complexity index is 453. The highest BCUT2D eigenvalue weighted by Crippen LogP contribution is 2.10. The summed E-state index contributed by atoms with van der Waals surface area (Å²) in [5, 5.41) is 11.7. The molecule has 1 aliphatic heterocycles. The first kappa shape index (κ1) is 12.6. The third-order valence-electron chi connectivity index (χ3n) is 3.33. The van der Waals surface area contributed by atoms with Crippen LogP contribution >= 0.6 is 0 Å². The van der Waals surface area contributed by atoms with Gasteiger partial charge in [0.25, 0.3) is 5.91 Å². The van der Waals surface area contributed by atoms with Gasteiger partial charge in [0.1, 0.15) is 0 Å². The molecule has 1 heterocycles. The third kappa shape index (κ3) is 3.08. The van der Waals surface area contributed by atoms with Crippen LogP contribution in [-0.2, 0) is 0 Å². The van der Waals surface area contributed by atoms with Crippen molar-refractivity contribution in [3.8, 4) is 6.07 Å². The Labute approximate surface area is 107 Å². The van der Waals surface area contributed by atoms with Gasteiger partial charge in [-0.1, -0.05) is 0 Å². The number of amides is 1. The molecule has 0 spiro atoms. The molecule has 1 fully saturated rings. The van der Waals surface area contributed by atoms with Crippen LogP contribution < -0.4 is 5.32 Å². The molecular formula is C14H17N3O. The predicted molar refractivity (Wildman–Crippen MR) is 69.1 cm³/mol. The lowest BCUT2D eigenvalue weighted by atomic mass is 10.0. The number of benzene rings is 1. The second kappa shape index (κ2) is 5.65. The number of nitrogens with zero attached hydrogens (tertiary/aromatic N) is 2. The molecule has 18 heavy (non-hydrogen) atoms. The van der Waals surface area contributed by atoms with Gasteiger partial charge in [0.15, 0.2) is 0 Å². The summed E-state index contributed by atoms with van der Waals surface area (Å²) in [5.41, 5.74) is 1.19. The van der Waals surface area contributed by atoms with Crippen molar-refractivity contribution in [1.29, 1.82) is 5.26 Å². The van der Waals surface area contributed by atoms with Crippen molar-refractivity contribution in [1.82, 2.24) is 10.2 Å². The van der Waals surface area contributed by atoms with E-state index >= 15 is 0 Å². The first-order valence-corrected chi connectivity index (χ1v) is 6.18. The lowest BCUT2D eigenvalue weighted by Crippen LogP contribution is -2.43. The normalized spacial score (nSPS) is 17.1. The molecule has 0 aromatic heterocycles. The fraction of sp³-hybridized carbons (Fsp3) is 0.429. The molecule has 1 aromatic rings. The van der Waals surface area contributed by atoms with Gasteiger partial charge in [-0.05, 0) is 57.2 Å². The highest BCUT2D eigenvalue weighted by Gasteiger charge is 2.18. The molecule has 1 saturated heterocycles. The third-order valence-corrected chi connectivity index (χ3v) is 3.33. The molecule has 4 nitrogen and oxygen atoms in total. The number of carbonyl (C=O) groups is 1. The van der Waals surface area contributed by atoms with Crippen LogP contribution in [0.3, 0.4) is 0 Å². The van der Waals surface area contributed by atoms with Crippen LogP contribution in [0.4, 0.5) is 0 Å². The zero-order valence-electron chi connectivity index (χ0n) is 10.5. The van der Waals surface area contributed by atoms with E-state index in [1.807, 2.05) is 6.07 Å². The number of piperidine rings is 1. The average molecular weight is 243 g/mol. The summed E-state index contributed by atoms with van der Waals surface area (Å²) >= 11 is 0. The Kier molecular flexibility index (Phi) is 3.96. The average Bonchev–Trinajstić information content (AvgIpc) is 2.41. The molecule has 0 atom stereocenters. The fourth-order valence-electron chi connectivity index (χ4n) is 2.12. The molecule has 0 aliphatic carbocycles. The van der Waals surface area contributed by atoms with E-state index in [1.165, 1.54) is 0 Å². The quantitative estimate of drug-likeness (QED) is 0.853. The Hall–Kier alpha value is -1.86. The summed E-state index contributed by atoms with van der Waals surface area (Å²) in [6.45, 7) is 2.05. The van der Waals surface area contributed by atoms with Gasteiger partial charge < -0.3 is 10.2 Å². The van der Waals surface area contributed by atoms with Gasteiger partial charge in [0.05, 0.1) is 11.6 Å². The molecule has 2 rings (SSSR count). The van der Waals surface area contributed by atoms with Gasteiger partial charge in [-0.3, -0.25) is 4.79 Å². The lowest BCUT2D eigenvalue weighted by Gasteiger charge is -2.29. The number of rotatable bonds is 2. The van der Waals surface area contributed by atoms with Crippen LogP contribution in [0.5, 0.6) is 0 Å². The number of hydrogen-bond donors (Lipinski definition) is 1. The number of hydrogen-bond acceptors (Lipinski definition) is 3. The topological polar surface area (TPSA) is 56.1 Å². The van der Waals surface area contributed by atoms with Gasteiger partial charge >= 0.3 is 0 Å². The number of nitrogens with one attached hydrogen (secondary N) is 1. The molecule has 0 saturated carbocycles. The van der Waals surface area contributed by atoms with Gasteiger partial charge in [-0.2, -0.15) is 5.26 Å². The maximum absolute atomic E-state index is 12.0. The fourth-order valence-corrected chi connectivity index (χ4v) is 2.12. The molecule has 1 aliphatic rings. The minimum absolute atomic E-state index is 0.0472. The molecule has 0 bridgehead atoms. The predicted octanol–water partition coefficient (Wildman–Crippen LogP) is 1.38. The summed E-state index contributed by atoms with van der Waals surface area (Å²) in [6.07, 6.45) is 2.00. The molecule has 1 amide bonds. The standard InChI is InChI=1S/C14H17N3O/c1-17-8-6-13(7-9-17)16-14(18)12-4-2-11(10-15)3-5-12/h2-5,13H,6-9H2,1H3,(H,16,18). The summed E-state index contributed by atoms with van der Waals surface area (Å²) in [6, 6.07) is 9.04. The first-order chi connectivity index (χ1) is 8.69. The van der Waals surface area contributed by atoms with E-state index in [1.54, 1.807) is 24.3 Å². The van der Waals surface area contributed by atoms with Crippen molar-refractivity contribution in [2.75, 3.05) is 20.1 Å². The zero-order valence-corrected chi connectivity index (χ0v) is 10.5. The Morgan fingerprint density at radius 3 is 2.50 bits per heavy atom. The van der Waals surface area contributed by atoms with Gasteiger partial charge in [0, 0.05) is 11.6 Å². The molecule has 1 aromatic carbocycles. The number of nitriles is 1. The van der Waals surface area contributed by atoms with Crippen molar-refractivity contribution in [2.24, 2.45) is 0 Å². The van der Waals surface area contributed by atoms with Gasteiger partial charge in [-0.25, -0.2) is 0 Å². The first-order valence-electron chi connectivity index (χ1n) is 6.18. The van der Waals surface area contributed by atoms with Crippen LogP contribution in [0, 0.1) is 11.3 Å². The second-order valence-corrected chi connectivity index (χ2v) is 4.74. The smallest absolute Gasteiger partial charge is 0.251 e. The Morgan fingerprint density at radius 1 is 1.33 bits per heavy atom. The highest BCUT2D eigenvalue weighted by molar-refractivity contribution is 5.94. The number of likely N-dealkylation sites (tertiary alicyclic amines) is 1. The van der Waals surface area contributed by atoms with E-state index in [-0.39, 0.29) is 11.9 Å². The zero-order chi connectivity index (χ0) is 13.0. The largest absolute Gasteiger partial charge is 0.349 e. The number of carbonyl (C=O) groups excluding carboxylic acids is 1. The van der Waals surface area contributed by atoms with Crippen LogP contribution in [0.2, 0.25) is 0 Å². The van der Waals surface area contributed by atoms with Crippen LogP contribution in [0.25, 0.3) is 0 Å². The van der Waals surface area contributed by atoms with Crippen LogP contribution in [0.15, 0.2) is 24.3 Å². The maximum atomic E-state index is 12.0. The van der Waals surface area contributed by atoms with E-state index in [2.05, 4.69) is 17.3 Å². The van der Waals surface area contributed by atoms with Crippen LogP contribution in [0.1, 0.15) is 28.8 Å².